The number of nitrogens with one attached hydrogen (secondary N) is 1. The van der Waals surface area contributed by atoms with Gasteiger partial charge in [0.25, 0.3) is 0 Å². The predicted octanol–water partition coefficient (Wildman–Crippen LogP) is 5.21. The van der Waals surface area contributed by atoms with Gasteiger partial charge in [-0.1, -0.05) is 0 Å². The summed E-state index contributed by atoms with van der Waals surface area (Å²) in [5, 5.41) is 2.21. The minimum Gasteiger partial charge on any atom is -0.410 e. The van der Waals surface area contributed by atoms with E-state index in [0.29, 0.717) is 0 Å². The van der Waals surface area contributed by atoms with Gasteiger partial charge in [-0.25, -0.2) is 4.79 Å². The number of rotatable bonds is 3. The number of alkyl halides is 6. The average Bonchev–Trinajstić information content (AvgIpc) is 2.47. The van der Waals surface area contributed by atoms with Gasteiger partial charge < -0.3 is 9.47 Å². The van der Waals surface area contributed by atoms with Gasteiger partial charge in [-0.3, -0.25) is 5.32 Å². The number of carbonyl (C=O) groups is 1. The van der Waals surface area contributed by atoms with Crippen LogP contribution < -0.4 is 14.8 Å². The second-order valence-electron chi connectivity index (χ2n) is 4.61. The van der Waals surface area contributed by atoms with Crippen molar-refractivity contribution in [1.82, 2.24) is 0 Å². The number of amides is 1. The van der Waals surface area contributed by atoms with Crippen LogP contribution in [-0.2, 0) is 6.18 Å². The van der Waals surface area contributed by atoms with E-state index in [0.717, 1.165) is 48.5 Å². The molecule has 0 spiro atoms. The van der Waals surface area contributed by atoms with Crippen LogP contribution in [0, 0.1) is 0 Å². The monoisotopic (exact) mass is 365 g/mol. The number of halogens is 6. The third-order valence-electron chi connectivity index (χ3n) is 2.73. The number of ether oxygens (including phenoxy) is 2. The first-order valence-electron chi connectivity index (χ1n) is 6.55. The summed E-state index contributed by atoms with van der Waals surface area (Å²) < 4.78 is 81.7. The lowest BCUT2D eigenvalue weighted by Gasteiger charge is -2.10. The Morgan fingerprint density at radius 3 is 1.80 bits per heavy atom. The second-order valence-corrected chi connectivity index (χ2v) is 4.61. The van der Waals surface area contributed by atoms with Crippen molar-refractivity contribution >= 4 is 11.8 Å². The van der Waals surface area contributed by atoms with E-state index in [1.54, 1.807) is 0 Å². The molecule has 0 fully saturated rings. The summed E-state index contributed by atoms with van der Waals surface area (Å²) in [7, 11) is 0. The second kappa shape index (κ2) is 6.91. The van der Waals surface area contributed by atoms with Crippen LogP contribution in [0.2, 0.25) is 0 Å². The van der Waals surface area contributed by atoms with Crippen molar-refractivity contribution in [2.75, 3.05) is 5.32 Å². The maximum absolute atomic E-state index is 12.4. The molecule has 1 amide bonds. The molecule has 0 saturated heterocycles. The highest BCUT2D eigenvalue weighted by atomic mass is 19.4. The quantitative estimate of drug-likeness (QED) is 0.759. The van der Waals surface area contributed by atoms with Crippen molar-refractivity contribution in [1.29, 1.82) is 0 Å². The van der Waals surface area contributed by atoms with Gasteiger partial charge in [0.05, 0.1) is 5.56 Å². The molecule has 0 aromatic heterocycles. The van der Waals surface area contributed by atoms with Crippen LogP contribution in [-0.4, -0.2) is 12.5 Å². The molecule has 2 rings (SSSR count). The first kappa shape index (κ1) is 18.4. The van der Waals surface area contributed by atoms with Gasteiger partial charge in [0.1, 0.15) is 11.5 Å². The Labute approximate surface area is 137 Å². The molecule has 0 unspecified atom stereocenters. The third kappa shape index (κ3) is 5.90. The predicted molar refractivity (Wildman–Crippen MR) is 74.2 cm³/mol. The van der Waals surface area contributed by atoms with E-state index in [4.69, 9.17) is 4.74 Å². The van der Waals surface area contributed by atoms with E-state index < -0.39 is 29.9 Å². The fourth-order valence-electron chi connectivity index (χ4n) is 1.70. The van der Waals surface area contributed by atoms with E-state index in [1.165, 1.54) is 0 Å². The minimum atomic E-state index is -4.84. The summed E-state index contributed by atoms with van der Waals surface area (Å²) in [5.41, 5.74) is -0.799. The zero-order chi connectivity index (χ0) is 18.7. The molecule has 0 radical (unpaired) electrons. The Balaban J connectivity index is 1.94. The van der Waals surface area contributed by atoms with Gasteiger partial charge in [-0.15, -0.1) is 13.2 Å². The summed E-state index contributed by atoms with van der Waals surface area (Å²) in [5.74, 6) is -0.614. The van der Waals surface area contributed by atoms with Gasteiger partial charge in [0.2, 0.25) is 0 Å². The normalized spacial score (nSPS) is 11.8. The molecule has 2 aromatic rings. The lowest BCUT2D eigenvalue weighted by molar-refractivity contribution is -0.274. The summed E-state index contributed by atoms with van der Waals surface area (Å²) in [6.07, 6.45) is -10.4. The van der Waals surface area contributed by atoms with Crippen LogP contribution in [0.4, 0.5) is 36.8 Å². The topological polar surface area (TPSA) is 47.6 Å². The molecule has 0 aliphatic carbocycles. The lowest BCUT2D eigenvalue weighted by atomic mass is 10.2. The van der Waals surface area contributed by atoms with Gasteiger partial charge in [-0.2, -0.15) is 13.2 Å². The number of anilines is 1. The molecule has 0 aliphatic heterocycles. The Bertz CT molecular complexity index is 723. The zero-order valence-corrected chi connectivity index (χ0v) is 12.1. The van der Waals surface area contributed by atoms with Gasteiger partial charge in [-0.05, 0) is 48.5 Å². The molecule has 4 nitrogen and oxygen atoms in total. The maximum Gasteiger partial charge on any atom is 0.573 e. The Morgan fingerprint density at radius 2 is 1.32 bits per heavy atom. The molecule has 1 N–H and O–H groups in total. The molecule has 10 heteroatoms. The Hall–Kier alpha value is -2.91. The van der Waals surface area contributed by atoms with Gasteiger partial charge in [0.15, 0.2) is 0 Å². The fraction of sp³-hybridized carbons (Fsp3) is 0.133. The average molecular weight is 365 g/mol. The van der Waals surface area contributed by atoms with Crippen LogP contribution in [0.5, 0.6) is 11.5 Å². The van der Waals surface area contributed by atoms with Crippen molar-refractivity contribution in [3.63, 3.8) is 0 Å². The zero-order valence-electron chi connectivity index (χ0n) is 12.1. The number of carbonyl (C=O) groups excluding carboxylic acids is 1. The fourth-order valence-corrected chi connectivity index (χ4v) is 1.70. The van der Waals surface area contributed by atoms with Crippen molar-refractivity contribution in [3.05, 3.63) is 54.1 Å². The smallest absolute Gasteiger partial charge is 0.410 e. The highest BCUT2D eigenvalue weighted by Gasteiger charge is 2.31. The van der Waals surface area contributed by atoms with E-state index in [2.05, 4.69) is 10.1 Å². The SMILES string of the molecule is O=C(Nc1ccc(OC(F)(F)F)cc1)Oc1ccc(C(F)(F)F)cc1. The highest BCUT2D eigenvalue weighted by Crippen LogP contribution is 2.30. The lowest BCUT2D eigenvalue weighted by Crippen LogP contribution is -2.18. The molecule has 0 bridgehead atoms. The highest BCUT2D eigenvalue weighted by molar-refractivity contribution is 5.86. The number of hydrogen-bond acceptors (Lipinski definition) is 3. The van der Waals surface area contributed by atoms with Crippen LogP contribution >= 0.6 is 0 Å². The van der Waals surface area contributed by atoms with Crippen LogP contribution in [0.1, 0.15) is 5.56 Å². The third-order valence-corrected chi connectivity index (χ3v) is 2.73. The van der Waals surface area contributed by atoms with E-state index >= 15 is 0 Å². The molecule has 0 aliphatic rings. The first-order chi connectivity index (χ1) is 11.5. The largest absolute Gasteiger partial charge is 0.573 e. The molecule has 0 atom stereocenters. The van der Waals surface area contributed by atoms with Crippen molar-refractivity contribution in [2.45, 2.75) is 12.5 Å². The maximum atomic E-state index is 12.4. The van der Waals surface area contributed by atoms with E-state index in [-0.39, 0.29) is 11.4 Å². The molecular formula is C15H9F6NO3. The first-order valence-corrected chi connectivity index (χ1v) is 6.55. The van der Waals surface area contributed by atoms with Crippen molar-refractivity contribution < 1.29 is 40.6 Å². The van der Waals surface area contributed by atoms with Crippen molar-refractivity contribution in [2.24, 2.45) is 0 Å². The van der Waals surface area contributed by atoms with Gasteiger partial charge in [0, 0.05) is 5.69 Å². The summed E-state index contributed by atoms with van der Waals surface area (Å²) in [4.78, 5) is 11.6. The molecule has 0 saturated carbocycles. The number of hydrogen-bond donors (Lipinski definition) is 1. The Morgan fingerprint density at radius 1 is 0.800 bits per heavy atom. The van der Waals surface area contributed by atoms with E-state index in [9.17, 15) is 31.1 Å². The van der Waals surface area contributed by atoms with Crippen molar-refractivity contribution in [3.8, 4) is 11.5 Å². The standard InChI is InChI=1S/C15H9F6NO3/c16-14(17,18)9-1-5-11(6-2-9)24-13(23)22-10-3-7-12(8-4-10)25-15(19,20)21/h1-8H,(H,22,23). The van der Waals surface area contributed by atoms with Crippen LogP contribution in [0.15, 0.2) is 48.5 Å². The van der Waals surface area contributed by atoms with E-state index in [1.807, 2.05) is 0 Å². The molecule has 2 aromatic carbocycles. The van der Waals surface area contributed by atoms with Crippen LogP contribution in [0.25, 0.3) is 0 Å². The minimum absolute atomic E-state index is 0.103. The molecular weight excluding hydrogens is 356 g/mol. The summed E-state index contributed by atoms with van der Waals surface area (Å²) in [6, 6.07) is 7.62. The summed E-state index contributed by atoms with van der Waals surface area (Å²) in [6.45, 7) is 0. The molecule has 25 heavy (non-hydrogen) atoms. The molecule has 0 heterocycles. The van der Waals surface area contributed by atoms with Gasteiger partial charge >= 0.3 is 18.6 Å². The molecule has 134 valence electrons. The summed E-state index contributed by atoms with van der Waals surface area (Å²) >= 11 is 0. The number of benzene rings is 2. The van der Waals surface area contributed by atoms with Crippen LogP contribution in [0.3, 0.4) is 0 Å². The Kier molecular flexibility index (Phi) is 5.10.